The van der Waals surface area contributed by atoms with Crippen LogP contribution in [0.5, 0.6) is 0 Å². The Labute approximate surface area is 86.9 Å². The molecule has 5 heteroatoms. The van der Waals surface area contributed by atoms with Crippen LogP contribution in [0.25, 0.3) is 0 Å². The predicted octanol–water partition coefficient (Wildman–Crippen LogP) is 0.436. The van der Waals surface area contributed by atoms with E-state index in [9.17, 15) is 8.42 Å². The second-order valence-electron chi connectivity index (χ2n) is 3.47. The second kappa shape index (κ2) is 7.20. The van der Waals surface area contributed by atoms with Gasteiger partial charge in [-0.2, -0.15) is 0 Å². The highest BCUT2D eigenvalue weighted by atomic mass is 32.2. The minimum absolute atomic E-state index is 0.191. The molecule has 0 fully saturated rings. The summed E-state index contributed by atoms with van der Waals surface area (Å²) in [7, 11) is -2.84. The summed E-state index contributed by atoms with van der Waals surface area (Å²) in [5, 5.41) is 3.02. The lowest BCUT2D eigenvalue weighted by Crippen LogP contribution is -2.26. The number of hydrogen-bond donors (Lipinski definition) is 1. The van der Waals surface area contributed by atoms with Gasteiger partial charge in [0.05, 0.1) is 18.5 Å². The standard InChI is InChI=1S/C9H21NO3S/c1-4-9(2)13-7-5-10-6-8-14(3,11)12/h9-10H,4-8H2,1-3H3. The molecule has 0 aromatic rings. The third-order valence-electron chi connectivity index (χ3n) is 1.91. The van der Waals surface area contributed by atoms with Crippen LogP contribution in [0.2, 0.25) is 0 Å². The first kappa shape index (κ1) is 13.9. The van der Waals surface area contributed by atoms with Crippen LogP contribution >= 0.6 is 0 Å². The van der Waals surface area contributed by atoms with Crippen molar-refractivity contribution in [2.75, 3.05) is 31.7 Å². The highest BCUT2D eigenvalue weighted by molar-refractivity contribution is 7.90. The Hall–Kier alpha value is -0.130. The summed E-state index contributed by atoms with van der Waals surface area (Å²) in [6, 6.07) is 0. The number of sulfone groups is 1. The summed E-state index contributed by atoms with van der Waals surface area (Å²) in [5.74, 6) is 0.191. The lowest BCUT2D eigenvalue weighted by atomic mass is 10.3. The van der Waals surface area contributed by atoms with Crippen LogP contribution in [0.3, 0.4) is 0 Å². The summed E-state index contributed by atoms with van der Waals surface area (Å²) in [4.78, 5) is 0. The first-order chi connectivity index (χ1) is 6.45. The Morgan fingerprint density at radius 1 is 1.36 bits per heavy atom. The predicted molar refractivity (Wildman–Crippen MR) is 58.3 cm³/mol. The molecule has 1 atom stereocenters. The SMILES string of the molecule is CCC(C)OCCNCCS(C)(=O)=O. The van der Waals surface area contributed by atoms with E-state index in [1.54, 1.807) is 0 Å². The molecule has 0 aliphatic heterocycles. The molecule has 0 aromatic carbocycles. The molecular formula is C9H21NO3S. The summed E-state index contributed by atoms with van der Waals surface area (Å²) in [5.41, 5.74) is 0. The second-order valence-corrected chi connectivity index (χ2v) is 5.73. The number of ether oxygens (including phenoxy) is 1. The minimum Gasteiger partial charge on any atom is -0.377 e. The maximum absolute atomic E-state index is 10.7. The summed E-state index contributed by atoms with van der Waals surface area (Å²) in [6.07, 6.45) is 2.53. The Bertz CT molecular complexity index is 226. The molecule has 0 bridgehead atoms. The molecule has 0 spiro atoms. The average molecular weight is 223 g/mol. The third-order valence-corrected chi connectivity index (χ3v) is 2.85. The van der Waals surface area contributed by atoms with E-state index in [0.717, 1.165) is 6.42 Å². The van der Waals surface area contributed by atoms with Gasteiger partial charge in [0.2, 0.25) is 0 Å². The van der Waals surface area contributed by atoms with Gasteiger partial charge in [-0.1, -0.05) is 6.92 Å². The van der Waals surface area contributed by atoms with Crippen LogP contribution in [0, 0.1) is 0 Å². The molecule has 0 saturated carbocycles. The van der Waals surface area contributed by atoms with E-state index in [2.05, 4.69) is 12.2 Å². The zero-order valence-electron chi connectivity index (χ0n) is 9.25. The molecule has 1 unspecified atom stereocenters. The molecule has 14 heavy (non-hydrogen) atoms. The van der Waals surface area contributed by atoms with Crippen LogP contribution < -0.4 is 5.32 Å². The number of rotatable bonds is 8. The van der Waals surface area contributed by atoms with Gasteiger partial charge >= 0.3 is 0 Å². The summed E-state index contributed by atoms with van der Waals surface area (Å²) >= 11 is 0. The van der Waals surface area contributed by atoms with E-state index in [4.69, 9.17) is 4.74 Å². The van der Waals surface area contributed by atoms with E-state index in [0.29, 0.717) is 19.7 Å². The van der Waals surface area contributed by atoms with Gasteiger partial charge in [-0.3, -0.25) is 0 Å². The molecule has 1 N–H and O–H groups in total. The fraction of sp³-hybridized carbons (Fsp3) is 1.00. The van der Waals surface area contributed by atoms with Gasteiger partial charge in [0.15, 0.2) is 0 Å². The van der Waals surface area contributed by atoms with E-state index < -0.39 is 9.84 Å². The first-order valence-electron chi connectivity index (χ1n) is 4.95. The van der Waals surface area contributed by atoms with Crippen molar-refractivity contribution in [2.24, 2.45) is 0 Å². The molecule has 4 nitrogen and oxygen atoms in total. The molecule has 0 aliphatic rings. The van der Waals surface area contributed by atoms with Crippen LogP contribution in [0.15, 0.2) is 0 Å². The molecular weight excluding hydrogens is 202 g/mol. The maximum atomic E-state index is 10.7. The fourth-order valence-electron chi connectivity index (χ4n) is 0.833. The van der Waals surface area contributed by atoms with Crippen LogP contribution in [-0.2, 0) is 14.6 Å². The maximum Gasteiger partial charge on any atom is 0.148 e. The lowest BCUT2D eigenvalue weighted by Gasteiger charge is -2.10. The van der Waals surface area contributed by atoms with Gasteiger partial charge in [0.1, 0.15) is 9.84 Å². The largest absolute Gasteiger partial charge is 0.377 e. The molecule has 0 saturated heterocycles. The lowest BCUT2D eigenvalue weighted by molar-refractivity contribution is 0.0659. The fourth-order valence-corrected chi connectivity index (χ4v) is 1.35. The van der Waals surface area contributed by atoms with Crippen molar-refractivity contribution in [1.29, 1.82) is 0 Å². The van der Waals surface area contributed by atoms with E-state index in [1.165, 1.54) is 6.26 Å². The van der Waals surface area contributed by atoms with E-state index in [-0.39, 0.29) is 11.9 Å². The van der Waals surface area contributed by atoms with Crippen molar-refractivity contribution in [2.45, 2.75) is 26.4 Å². The monoisotopic (exact) mass is 223 g/mol. The molecule has 0 heterocycles. The Balaban J connectivity index is 3.23. The molecule has 0 rings (SSSR count). The van der Waals surface area contributed by atoms with Gasteiger partial charge in [-0.15, -0.1) is 0 Å². The topological polar surface area (TPSA) is 55.4 Å². The highest BCUT2D eigenvalue weighted by Crippen LogP contribution is 1.93. The third kappa shape index (κ3) is 9.95. The van der Waals surface area contributed by atoms with Crippen molar-refractivity contribution < 1.29 is 13.2 Å². The van der Waals surface area contributed by atoms with Crippen molar-refractivity contribution >= 4 is 9.84 Å². The van der Waals surface area contributed by atoms with Gasteiger partial charge < -0.3 is 10.1 Å². The van der Waals surface area contributed by atoms with Gasteiger partial charge in [-0.25, -0.2) is 8.42 Å². The van der Waals surface area contributed by atoms with Gasteiger partial charge in [0.25, 0.3) is 0 Å². The van der Waals surface area contributed by atoms with Gasteiger partial charge in [0, 0.05) is 19.3 Å². The van der Waals surface area contributed by atoms with Crippen LogP contribution in [0.1, 0.15) is 20.3 Å². The highest BCUT2D eigenvalue weighted by Gasteiger charge is 2.01. The van der Waals surface area contributed by atoms with Crippen molar-refractivity contribution in [3.63, 3.8) is 0 Å². The smallest absolute Gasteiger partial charge is 0.148 e. The Morgan fingerprint density at radius 3 is 2.50 bits per heavy atom. The van der Waals surface area contributed by atoms with Crippen molar-refractivity contribution in [1.82, 2.24) is 5.32 Å². The Morgan fingerprint density at radius 2 is 2.00 bits per heavy atom. The normalized spacial score (nSPS) is 14.2. The Kier molecular flexibility index (Phi) is 7.13. The van der Waals surface area contributed by atoms with Crippen molar-refractivity contribution in [3.05, 3.63) is 0 Å². The minimum atomic E-state index is -2.84. The molecule has 0 aliphatic carbocycles. The molecule has 0 radical (unpaired) electrons. The number of hydrogen-bond acceptors (Lipinski definition) is 4. The van der Waals surface area contributed by atoms with Crippen LogP contribution in [-0.4, -0.2) is 46.2 Å². The van der Waals surface area contributed by atoms with Crippen LogP contribution in [0.4, 0.5) is 0 Å². The molecule has 86 valence electrons. The van der Waals surface area contributed by atoms with Gasteiger partial charge in [-0.05, 0) is 13.3 Å². The van der Waals surface area contributed by atoms with E-state index >= 15 is 0 Å². The zero-order valence-corrected chi connectivity index (χ0v) is 10.1. The van der Waals surface area contributed by atoms with E-state index in [1.807, 2.05) is 6.92 Å². The molecule has 0 aromatic heterocycles. The average Bonchev–Trinajstić information content (AvgIpc) is 2.08. The molecule has 0 amide bonds. The quantitative estimate of drug-likeness (QED) is 0.607. The summed E-state index contributed by atoms with van der Waals surface area (Å²) < 4.78 is 26.9. The summed E-state index contributed by atoms with van der Waals surface area (Å²) in [6.45, 7) is 5.94. The number of nitrogens with one attached hydrogen (secondary N) is 1. The van der Waals surface area contributed by atoms with Crippen molar-refractivity contribution in [3.8, 4) is 0 Å². The first-order valence-corrected chi connectivity index (χ1v) is 7.01. The zero-order chi connectivity index (χ0) is 11.0.